The van der Waals surface area contributed by atoms with Gasteiger partial charge in [-0.3, -0.25) is 4.79 Å². The second-order valence-electron chi connectivity index (χ2n) is 5.32. The number of hydrogen-bond donors (Lipinski definition) is 1. The summed E-state index contributed by atoms with van der Waals surface area (Å²) in [4.78, 5) is 14.6. The van der Waals surface area contributed by atoms with Gasteiger partial charge in [-0.1, -0.05) is 38.3 Å². The van der Waals surface area contributed by atoms with E-state index in [1.54, 1.807) is 0 Å². The lowest BCUT2D eigenvalue weighted by Crippen LogP contribution is -2.39. The highest BCUT2D eigenvalue weighted by atomic mass is 16.2. The molecule has 1 heterocycles. The number of carbonyl (C=O) groups excluding carboxylic acids is 1. The topological polar surface area (TPSA) is 32.3 Å². The molecule has 1 aliphatic rings. The van der Waals surface area contributed by atoms with Gasteiger partial charge in [0.15, 0.2) is 0 Å². The summed E-state index contributed by atoms with van der Waals surface area (Å²) in [6, 6.07) is 8.13. The van der Waals surface area contributed by atoms with Crippen LogP contribution in [0.3, 0.4) is 0 Å². The van der Waals surface area contributed by atoms with E-state index in [1.165, 1.54) is 19.3 Å². The van der Waals surface area contributed by atoms with Crippen molar-refractivity contribution >= 4 is 11.6 Å². The number of rotatable bonds is 5. The van der Waals surface area contributed by atoms with Gasteiger partial charge in [0.1, 0.15) is 0 Å². The quantitative estimate of drug-likeness (QED) is 0.821. The molecule has 0 radical (unpaired) electrons. The van der Waals surface area contributed by atoms with E-state index < -0.39 is 0 Å². The molecule has 1 atom stereocenters. The molecule has 1 aromatic carbocycles. The number of para-hydroxylation sites is 1. The highest BCUT2D eigenvalue weighted by Gasteiger charge is 2.25. The van der Waals surface area contributed by atoms with E-state index in [9.17, 15) is 4.79 Å². The highest BCUT2D eigenvalue weighted by Crippen LogP contribution is 2.22. The standard InChI is InChI=1S/C16H24N2O/c1-3-4-5-8-13(2)18-12-11-17-15-10-7-6-9-14(15)16(18)19/h6-7,9-10,13,17H,3-5,8,11-12H2,1-2H3. The molecule has 0 saturated heterocycles. The van der Waals surface area contributed by atoms with Crippen molar-refractivity contribution in [3.8, 4) is 0 Å². The Bertz CT molecular complexity index is 431. The number of nitrogens with one attached hydrogen (secondary N) is 1. The number of benzene rings is 1. The second kappa shape index (κ2) is 6.60. The van der Waals surface area contributed by atoms with Crippen LogP contribution in [0.2, 0.25) is 0 Å². The Hall–Kier alpha value is -1.51. The molecule has 19 heavy (non-hydrogen) atoms. The lowest BCUT2D eigenvalue weighted by Gasteiger charge is -2.28. The number of hydrogen-bond acceptors (Lipinski definition) is 2. The zero-order valence-electron chi connectivity index (χ0n) is 12.0. The van der Waals surface area contributed by atoms with Crippen molar-refractivity contribution in [2.45, 2.75) is 45.6 Å². The average Bonchev–Trinajstić information content (AvgIpc) is 2.59. The maximum Gasteiger partial charge on any atom is 0.256 e. The number of nitrogens with zero attached hydrogens (tertiary/aromatic N) is 1. The summed E-state index contributed by atoms with van der Waals surface area (Å²) in [6.45, 7) is 6.01. The molecule has 0 fully saturated rings. The maximum absolute atomic E-state index is 12.6. The number of carbonyl (C=O) groups is 1. The van der Waals surface area contributed by atoms with Gasteiger partial charge >= 0.3 is 0 Å². The van der Waals surface area contributed by atoms with Crippen molar-refractivity contribution in [2.24, 2.45) is 0 Å². The minimum Gasteiger partial charge on any atom is -0.383 e. The van der Waals surface area contributed by atoms with Crippen LogP contribution in [0.4, 0.5) is 5.69 Å². The van der Waals surface area contributed by atoms with Gasteiger partial charge in [0.2, 0.25) is 0 Å². The molecule has 3 heteroatoms. The lowest BCUT2D eigenvalue weighted by atomic mass is 10.1. The van der Waals surface area contributed by atoms with Crippen LogP contribution in [0.5, 0.6) is 0 Å². The van der Waals surface area contributed by atoms with E-state index in [1.807, 2.05) is 29.2 Å². The van der Waals surface area contributed by atoms with E-state index in [4.69, 9.17) is 0 Å². The van der Waals surface area contributed by atoms with Crippen LogP contribution >= 0.6 is 0 Å². The molecule has 0 bridgehead atoms. The Morgan fingerprint density at radius 1 is 1.32 bits per heavy atom. The summed E-state index contributed by atoms with van der Waals surface area (Å²) in [5.74, 6) is 0.171. The van der Waals surface area contributed by atoms with Gasteiger partial charge in [-0.2, -0.15) is 0 Å². The smallest absolute Gasteiger partial charge is 0.256 e. The molecule has 1 amide bonds. The van der Waals surface area contributed by atoms with E-state index in [-0.39, 0.29) is 5.91 Å². The summed E-state index contributed by atoms with van der Waals surface area (Å²) in [5, 5.41) is 3.35. The zero-order valence-corrected chi connectivity index (χ0v) is 12.0. The summed E-state index contributed by atoms with van der Waals surface area (Å²) in [7, 11) is 0. The number of unbranched alkanes of at least 4 members (excludes halogenated alkanes) is 2. The largest absolute Gasteiger partial charge is 0.383 e. The fraction of sp³-hybridized carbons (Fsp3) is 0.562. The van der Waals surface area contributed by atoms with Gasteiger partial charge in [-0.25, -0.2) is 0 Å². The van der Waals surface area contributed by atoms with Crippen LogP contribution < -0.4 is 5.32 Å². The first kappa shape index (κ1) is 13.9. The van der Waals surface area contributed by atoms with Gasteiger partial charge in [0, 0.05) is 24.8 Å². The summed E-state index contributed by atoms with van der Waals surface area (Å²) in [6.07, 6.45) is 4.78. The predicted octanol–water partition coefficient (Wildman–Crippen LogP) is 3.52. The van der Waals surface area contributed by atoms with Crippen LogP contribution in [0, 0.1) is 0 Å². The molecular formula is C16H24N2O. The molecule has 2 rings (SSSR count). The predicted molar refractivity (Wildman–Crippen MR) is 79.6 cm³/mol. The van der Waals surface area contributed by atoms with Crippen molar-refractivity contribution in [1.29, 1.82) is 0 Å². The molecular weight excluding hydrogens is 236 g/mol. The fourth-order valence-electron chi connectivity index (χ4n) is 2.66. The molecule has 104 valence electrons. The molecule has 3 nitrogen and oxygen atoms in total. The number of anilines is 1. The van der Waals surface area contributed by atoms with E-state index in [0.717, 1.165) is 30.8 Å². The summed E-state index contributed by atoms with van der Waals surface area (Å²) >= 11 is 0. The Morgan fingerprint density at radius 3 is 2.89 bits per heavy atom. The first-order chi connectivity index (χ1) is 9.24. The van der Waals surface area contributed by atoms with Gasteiger partial charge in [-0.05, 0) is 25.5 Å². The molecule has 1 N–H and O–H groups in total. The Morgan fingerprint density at radius 2 is 2.11 bits per heavy atom. The van der Waals surface area contributed by atoms with Crippen molar-refractivity contribution < 1.29 is 4.79 Å². The SMILES string of the molecule is CCCCCC(C)N1CCNc2ccccc2C1=O. The first-order valence-corrected chi connectivity index (χ1v) is 7.38. The normalized spacial score (nSPS) is 16.5. The third-order valence-electron chi connectivity index (χ3n) is 3.84. The van der Waals surface area contributed by atoms with Crippen LogP contribution in [-0.2, 0) is 0 Å². The third-order valence-corrected chi connectivity index (χ3v) is 3.84. The third kappa shape index (κ3) is 3.28. The Labute approximate surface area is 116 Å². The van der Waals surface area contributed by atoms with Crippen LogP contribution in [0.15, 0.2) is 24.3 Å². The Balaban J connectivity index is 2.08. The lowest BCUT2D eigenvalue weighted by molar-refractivity contribution is 0.0697. The second-order valence-corrected chi connectivity index (χ2v) is 5.32. The fourth-order valence-corrected chi connectivity index (χ4v) is 2.66. The summed E-state index contributed by atoms with van der Waals surface area (Å²) in [5.41, 5.74) is 1.78. The van der Waals surface area contributed by atoms with E-state index in [0.29, 0.717) is 6.04 Å². The molecule has 0 spiro atoms. The van der Waals surface area contributed by atoms with Crippen LogP contribution in [0.1, 0.15) is 49.9 Å². The average molecular weight is 260 g/mol. The molecule has 1 aliphatic heterocycles. The van der Waals surface area contributed by atoms with Crippen molar-refractivity contribution in [2.75, 3.05) is 18.4 Å². The zero-order chi connectivity index (χ0) is 13.7. The number of fused-ring (bicyclic) bond motifs is 1. The van der Waals surface area contributed by atoms with E-state index in [2.05, 4.69) is 19.2 Å². The van der Waals surface area contributed by atoms with Gasteiger partial charge in [0.05, 0.1) is 5.56 Å². The van der Waals surface area contributed by atoms with Crippen molar-refractivity contribution in [3.63, 3.8) is 0 Å². The molecule has 0 aromatic heterocycles. The highest BCUT2D eigenvalue weighted by molar-refractivity contribution is 6.00. The van der Waals surface area contributed by atoms with E-state index >= 15 is 0 Å². The first-order valence-electron chi connectivity index (χ1n) is 7.38. The monoisotopic (exact) mass is 260 g/mol. The van der Waals surface area contributed by atoms with Crippen LogP contribution in [-0.4, -0.2) is 29.9 Å². The van der Waals surface area contributed by atoms with Gasteiger partial charge in [-0.15, -0.1) is 0 Å². The van der Waals surface area contributed by atoms with Gasteiger partial charge in [0.25, 0.3) is 5.91 Å². The van der Waals surface area contributed by atoms with Crippen molar-refractivity contribution in [1.82, 2.24) is 4.90 Å². The maximum atomic E-state index is 12.6. The van der Waals surface area contributed by atoms with Gasteiger partial charge < -0.3 is 10.2 Å². The van der Waals surface area contributed by atoms with Crippen LogP contribution in [0.25, 0.3) is 0 Å². The molecule has 0 aliphatic carbocycles. The minimum absolute atomic E-state index is 0.171. The number of amides is 1. The minimum atomic E-state index is 0.171. The molecule has 0 saturated carbocycles. The Kier molecular flexibility index (Phi) is 4.83. The molecule has 1 unspecified atom stereocenters. The van der Waals surface area contributed by atoms with Crippen molar-refractivity contribution in [3.05, 3.63) is 29.8 Å². The molecule has 1 aromatic rings. The summed E-state index contributed by atoms with van der Waals surface area (Å²) < 4.78 is 0.